The quantitative estimate of drug-likeness (QED) is 0.468. The van der Waals surface area contributed by atoms with Gasteiger partial charge in [-0.3, -0.25) is 9.59 Å². The molecule has 1 aliphatic rings. The fraction of sp³-hybridized carbons (Fsp3) is 0.636. The predicted molar refractivity (Wildman–Crippen MR) is 54.8 cm³/mol. The Morgan fingerprint density at radius 2 is 1.57 bits per heavy atom. The van der Waals surface area contributed by atoms with Crippen molar-refractivity contribution in [3.8, 4) is 0 Å². The third kappa shape index (κ3) is 2.44. The number of ketones is 2. The minimum absolute atomic E-state index is 0.0278. The molecule has 14 heavy (non-hydrogen) atoms. The van der Waals surface area contributed by atoms with Crippen LogP contribution in [-0.4, -0.2) is 30.6 Å². The largest absolute Gasteiger partial charge is 0.383 e. The smallest absolute Gasteiger partial charge is 0.168 e. The Balaban J connectivity index is 2.92. The van der Waals surface area contributed by atoms with E-state index in [4.69, 9.17) is 0 Å². The summed E-state index contributed by atoms with van der Waals surface area (Å²) >= 11 is 0. The highest BCUT2D eigenvalue weighted by atomic mass is 16.1. The monoisotopic (exact) mass is 195 g/mol. The SMILES string of the molecule is CN(C)C=C1C(=O)CC(C)(C)CC1=O. The molecule has 0 bridgehead atoms. The van der Waals surface area contributed by atoms with Crippen LogP contribution >= 0.6 is 0 Å². The van der Waals surface area contributed by atoms with E-state index in [1.165, 1.54) is 0 Å². The van der Waals surface area contributed by atoms with Crippen LogP contribution < -0.4 is 0 Å². The van der Waals surface area contributed by atoms with Gasteiger partial charge in [0.1, 0.15) is 0 Å². The Hall–Kier alpha value is -1.12. The first-order chi connectivity index (χ1) is 6.32. The van der Waals surface area contributed by atoms with Crippen LogP contribution in [0.5, 0.6) is 0 Å². The van der Waals surface area contributed by atoms with Gasteiger partial charge in [-0.15, -0.1) is 0 Å². The number of hydrogen-bond acceptors (Lipinski definition) is 3. The molecule has 0 aliphatic heterocycles. The maximum absolute atomic E-state index is 11.6. The minimum Gasteiger partial charge on any atom is -0.383 e. The first kappa shape index (κ1) is 11.0. The minimum atomic E-state index is -0.169. The predicted octanol–water partition coefficient (Wildman–Crippen LogP) is 1.39. The molecule has 1 aliphatic carbocycles. The summed E-state index contributed by atoms with van der Waals surface area (Å²) < 4.78 is 0. The molecule has 1 fully saturated rings. The van der Waals surface area contributed by atoms with E-state index in [1.807, 2.05) is 27.9 Å². The Kier molecular flexibility index (Phi) is 2.79. The van der Waals surface area contributed by atoms with Gasteiger partial charge in [0.15, 0.2) is 11.6 Å². The number of carbonyl (C=O) groups is 2. The summed E-state index contributed by atoms with van der Waals surface area (Å²) in [4.78, 5) is 25.0. The lowest BCUT2D eigenvalue weighted by Crippen LogP contribution is -2.32. The van der Waals surface area contributed by atoms with Crippen molar-refractivity contribution >= 4 is 11.6 Å². The maximum atomic E-state index is 11.6. The molecule has 0 N–H and O–H groups in total. The fourth-order valence-electron chi connectivity index (χ4n) is 1.68. The molecule has 1 saturated carbocycles. The zero-order valence-electron chi connectivity index (χ0n) is 9.26. The number of rotatable bonds is 1. The Labute approximate surface area is 84.8 Å². The van der Waals surface area contributed by atoms with Crippen LogP contribution in [0.2, 0.25) is 0 Å². The van der Waals surface area contributed by atoms with Crippen LogP contribution in [0.4, 0.5) is 0 Å². The van der Waals surface area contributed by atoms with Gasteiger partial charge in [0.2, 0.25) is 0 Å². The Morgan fingerprint density at radius 3 is 1.93 bits per heavy atom. The topological polar surface area (TPSA) is 37.4 Å². The van der Waals surface area contributed by atoms with Crippen LogP contribution in [-0.2, 0) is 9.59 Å². The standard InChI is InChI=1S/C11H17NO2/c1-11(2)5-9(13)8(7-12(3)4)10(14)6-11/h7H,5-6H2,1-4H3. The molecule has 0 aromatic rings. The van der Waals surface area contributed by atoms with Crippen molar-refractivity contribution in [3.05, 3.63) is 11.8 Å². The van der Waals surface area contributed by atoms with Crippen LogP contribution in [0.15, 0.2) is 11.8 Å². The highest BCUT2D eigenvalue weighted by Crippen LogP contribution is 2.33. The molecule has 78 valence electrons. The van der Waals surface area contributed by atoms with Crippen LogP contribution in [0.1, 0.15) is 26.7 Å². The third-order valence-corrected chi connectivity index (χ3v) is 2.27. The molecule has 1 rings (SSSR count). The molecule has 0 amide bonds. The second-order valence-corrected chi connectivity index (χ2v) is 4.87. The number of Topliss-reactive ketones (excluding diaryl/α,β-unsaturated/α-hetero) is 2. The van der Waals surface area contributed by atoms with E-state index in [-0.39, 0.29) is 17.0 Å². The van der Waals surface area contributed by atoms with E-state index in [2.05, 4.69) is 0 Å². The zero-order chi connectivity index (χ0) is 10.9. The molecule has 3 nitrogen and oxygen atoms in total. The molecule has 0 heterocycles. The van der Waals surface area contributed by atoms with Crippen molar-refractivity contribution < 1.29 is 9.59 Å². The lowest BCUT2D eigenvalue weighted by molar-refractivity contribution is -0.127. The normalized spacial score (nSPS) is 21.0. The highest BCUT2D eigenvalue weighted by molar-refractivity contribution is 6.22. The summed E-state index contributed by atoms with van der Waals surface area (Å²) in [6, 6.07) is 0. The van der Waals surface area contributed by atoms with E-state index in [0.29, 0.717) is 18.4 Å². The van der Waals surface area contributed by atoms with Crippen molar-refractivity contribution in [2.75, 3.05) is 14.1 Å². The van der Waals surface area contributed by atoms with Gasteiger partial charge in [-0.05, 0) is 5.41 Å². The van der Waals surface area contributed by atoms with Gasteiger partial charge in [0.05, 0.1) is 5.57 Å². The zero-order valence-corrected chi connectivity index (χ0v) is 9.26. The van der Waals surface area contributed by atoms with Gasteiger partial charge in [-0.2, -0.15) is 0 Å². The van der Waals surface area contributed by atoms with Gasteiger partial charge < -0.3 is 4.90 Å². The van der Waals surface area contributed by atoms with Crippen LogP contribution in [0, 0.1) is 5.41 Å². The second-order valence-electron chi connectivity index (χ2n) is 4.87. The summed E-state index contributed by atoms with van der Waals surface area (Å²) in [5.74, 6) is -0.0556. The molecule has 0 aromatic heterocycles. The molecule has 0 radical (unpaired) electrons. The lowest BCUT2D eigenvalue weighted by Gasteiger charge is -2.28. The van der Waals surface area contributed by atoms with Crippen LogP contribution in [0.25, 0.3) is 0 Å². The number of hydrogen-bond donors (Lipinski definition) is 0. The molecule has 0 aromatic carbocycles. The average Bonchev–Trinajstić information content (AvgIpc) is 1.94. The van der Waals surface area contributed by atoms with Gasteiger partial charge in [0, 0.05) is 33.1 Å². The maximum Gasteiger partial charge on any atom is 0.168 e. The number of nitrogens with zero attached hydrogens (tertiary/aromatic N) is 1. The van der Waals surface area contributed by atoms with Crippen molar-refractivity contribution in [2.45, 2.75) is 26.7 Å². The Bertz CT molecular complexity index is 278. The van der Waals surface area contributed by atoms with Gasteiger partial charge in [0.25, 0.3) is 0 Å². The third-order valence-electron chi connectivity index (χ3n) is 2.27. The summed E-state index contributed by atoms with van der Waals surface area (Å²) in [6.45, 7) is 3.91. The Morgan fingerprint density at radius 1 is 1.14 bits per heavy atom. The van der Waals surface area contributed by atoms with Gasteiger partial charge >= 0.3 is 0 Å². The first-order valence-corrected chi connectivity index (χ1v) is 4.76. The number of carbonyl (C=O) groups excluding carboxylic acids is 2. The van der Waals surface area contributed by atoms with Crippen molar-refractivity contribution in [1.82, 2.24) is 4.90 Å². The summed E-state index contributed by atoms with van der Waals surface area (Å²) in [6.07, 6.45) is 2.57. The van der Waals surface area contributed by atoms with E-state index >= 15 is 0 Å². The fourth-order valence-corrected chi connectivity index (χ4v) is 1.68. The van der Waals surface area contributed by atoms with E-state index in [9.17, 15) is 9.59 Å². The van der Waals surface area contributed by atoms with Crippen molar-refractivity contribution in [2.24, 2.45) is 5.41 Å². The summed E-state index contributed by atoms with van der Waals surface area (Å²) in [5, 5.41) is 0. The van der Waals surface area contributed by atoms with E-state index in [1.54, 1.807) is 11.1 Å². The molecular formula is C11H17NO2. The molecule has 0 spiro atoms. The molecule has 0 unspecified atom stereocenters. The molecule has 0 saturated heterocycles. The van der Waals surface area contributed by atoms with E-state index in [0.717, 1.165) is 0 Å². The lowest BCUT2D eigenvalue weighted by atomic mass is 9.74. The van der Waals surface area contributed by atoms with Crippen molar-refractivity contribution in [3.63, 3.8) is 0 Å². The highest BCUT2D eigenvalue weighted by Gasteiger charge is 2.35. The second kappa shape index (κ2) is 3.56. The van der Waals surface area contributed by atoms with Crippen molar-refractivity contribution in [1.29, 1.82) is 0 Å². The number of allylic oxidation sites excluding steroid dienone is 1. The molecule has 3 heteroatoms. The van der Waals surface area contributed by atoms with Crippen LogP contribution in [0.3, 0.4) is 0 Å². The van der Waals surface area contributed by atoms with E-state index < -0.39 is 0 Å². The average molecular weight is 195 g/mol. The summed E-state index contributed by atoms with van der Waals surface area (Å²) in [5.41, 5.74) is 0.187. The summed E-state index contributed by atoms with van der Waals surface area (Å²) in [7, 11) is 3.63. The molecular weight excluding hydrogens is 178 g/mol. The first-order valence-electron chi connectivity index (χ1n) is 4.76. The van der Waals surface area contributed by atoms with Gasteiger partial charge in [-0.25, -0.2) is 0 Å². The molecule has 0 atom stereocenters. The van der Waals surface area contributed by atoms with Gasteiger partial charge in [-0.1, -0.05) is 13.8 Å².